The quantitative estimate of drug-likeness (QED) is 0.916. The van der Waals surface area contributed by atoms with Crippen molar-refractivity contribution in [2.24, 2.45) is 0 Å². The fraction of sp³-hybridized carbons (Fsp3) is 0.727. The van der Waals surface area contributed by atoms with Crippen LogP contribution in [0.3, 0.4) is 0 Å². The van der Waals surface area contributed by atoms with Crippen molar-refractivity contribution in [1.82, 2.24) is 14.5 Å². The summed E-state index contributed by atoms with van der Waals surface area (Å²) < 4.78 is 26.8. The van der Waals surface area contributed by atoms with Crippen molar-refractivity contribution in [2.45, 2.75) is 37.3 Å². The number of aromatic amines is 1. The van der Waals surface area contributed by atoms with Crippen molar-refractivity contribution in [1.29, 1.82) is 0 Å². The molecular weight excluding hydrogens is 270 g/mol. The molecule has 1 N–H and O–H groups in total. The molecule has 1 aromatic heterocycles. The van der Waals surface area contributed by atoms with Crippen molar-refractivity contribution >= 4 is 21.8 Å². The third-order valence-electron chi connectivity index (χ3n) is 3.22. The molecule has 0 aliphatic carbocycles. The lowest BCUT2D eigenvalue weighted by molar-refractivity contribution is 0.415. The van der Waals surface area contributed by atoms with E-state index in [1.807, 2.05) is 11.8 Å². The summed E-state index contributed by atoms with van der Waals surface area (Å²) in [6, 6.07) is 0. The van der Waals surface area contributed by atoms with Gasteiger partial charge in [-0.15, -0.1) is 0 Å². The molecule has 1 aliphatic heterocycles. The Hall–Kier alpha value is -0.530. The Morgan fingerprint density at radius 2 is 2.22 bits per heavy atom. The molecular formula is C11H19N3O2S2. The smallest absolute Gasteiger partial charge is 0.246 e. The molecule has 5 nitrogen and oxygen atoms in total. The average Bonchev–Trinajstić information content (AvgIpc) is 2.69. The van der Waals surface area contributed by atoms with Gasteiger partial charge in [-0.25, -0.2) is 8.42 Å². The van der Waals surface area contributed by atoms with Crippen LogP contribution in [-0.2, 0) is 10.0 Å². The van der Waals surface area contributed by atoms with Crippen LogP contribution >= 0.6 is 11.8 Å². The van der Waals surface area contributed by atoms with Crippen LogP contribution in [0, 0.1) is 13.8 Å². The van der Waals surface area contributed by atoms with Gasteiger partial charge >= 0.3 is 0 Å². The zero-order chi connectivity index (χ0) is 13.3. The van der Waals surface area contributed by atoms with Gasteiger partial charge in [0, 0.05) is 24.1 Å². The van der Waals surface area contributed by atoms with Crippen LogP contribution in [0.4, 0.5) is 0 Å². The lowest BCUT2D eigenvalue weighted by Gasteiger charge is -2.31. The number of nitrogens with zero attached hydrogens (tertiary/aromatic N) is 2. The third kappa shape index (κ3) is 2.44. The summed E-state index contributed by atoms with van der Waals surface area (Å²) in [5.41, 5.74) is 1.18. The maximum absolute atomic E-state index is 12.6. The van der Waals surface area contributed by atoms with Crippen LogP contribution in [-0.4, -0.2) is 47.0 Å². The molecule has 0 bridgehead atoms. The van der Waals surface area contributed by atoms with E-state index in [1.54, 1.807) is 18.2 Å². The van der Waals surface area contributed by atoms with Crippen LogP contribution in [0.5, 0.6) is 0 Å². The summed E-state index contributed by atoms with van der Waals surface area (Å²) in [6.45, 7) is 6.78. The van der Waals surface area contributed by atoms with Gasteiger partial charge in [0.1, 0.15) is 4.90 Å². The first-order chi connectivity index (χ1) is 8.46. The number of hydrogen-bond donors (Lipinski definition) is 1. The highest BCUT2D eigenvalue weighted by molar-refractivity contribution is 8.00. The topological polar surface area (TPSA) is 66.1 Å². The summed E-state index contributed by atoms with van der Waals surface area (Å²) in [5, 5.41) is 7.13. The first-order valence-electron chi connectivity index (χ1n) is 6.10. The standard InChI is InChI=1S/C11H19N3O2S2/c1-4-10-7-14(5-6-17-10)18(15,16)11-8(2)12-13-9(11)3/h10H,4-7H2,1-3H3,(H,12,13). The highest BCUT2D eigenvalue weighted by Crippen LogP contribution is 2.28. The predicted octanol–water partition coefficient (Wildman–Crippen LogP) is 1.54. The van der Waals surface area contributed by atoms with E-state index < -0.39 is 10.0 Å². The van der Waals surface area contributed by atoms with Gasteiger partial charge in [0.2, 0.25) is 10.0 Å². The van der Waals surface area contributed by atoms with Crippen molar-refractivity contribution in [3.8, 4) is 0 Å². The van der Waals surface area contributed by atoms with Gasteiger partial charge in [0.05, 0.1) is 11.4 Å². The van der Waals surface area contributed by atoms with Gasteiger partial charge in [-0.3, -0.25) is 5.10 Å². The Kier molecular flexibility index (Phi) is 4.03. The van der Waals surface area contributed by atoms with Crippen molar-refractivity contribution in [3.63, 3.8) is 0 Å². The SMILES string of the molecule is CCC1CN(S(=O)(=O)c2c(C)n[nH]c2C)CCS1. The first-order valence-corrected chi connectivity index (χ1v) is 8.59. The molecule has 1 unspecified atom stereocenters. The van der Waals surface area contributed by atoms with Gasteiger partial charge in [0.15, 0.2) is 0 Å². The molecule has 0 saturated carbocycles. The Morgan fingerprint density at radius 1 is 1.50 bits per heavy atom. The van der Waals surface area contributed by atoms with Crippen LogP contribution in [0.1, 0.15) is 24.7 Å². The van der Waals surface area contributed by atoms with E-state index in [-0.39, 0.29) is 0 Å². The van der Waals surface area contributed by atoms with E-state index in [2.05, 4.69) is 17.1 Å². The second kappa shape index (κ2) is 5.22. The van der Waals surface area contributed by atoms with E-state index >= 15 is 0 Å². The molecule has 0 aromatic carbocycles. The molecule has 1 saturated heterocycles. The molecule has 7 heteroatoms. The van der Waals surface area contributed by atoms with Gasteiger partial charge in [-0.1, -0.05) is 6.92 Å². The molecule has 102 valence electrons. The van der Waals surface area contributed by atoms with E-state index in [0.717, 1.165) is 12.2 Å². The molecule has 0 amide bonds. The van der Waals surface area contributed by atoms with E-state index in [1.165, 1.54) is 0 Å². The minimum absolute atomic E-state index is 0.351. The summed E-state index contributed by atoms with van der Waals surface area (Å²) in [6.07, 6.45) is 1.00. The minimum Gasteiger partial charge on any atom is -0.281 e. The molecule has 1 fully saturated rings. The third-order valence-corrected chi connectivity index (χ3v) is 6.72. The maximum Gasteiger partial charge on any atom is 0.246 e. The second-order valence-corrected chi connectivity index (χ2v) is 7.81. The second-order valence-electron chi connectivity index (χ2n) is 4.53. The number of hydrogen-bond acceptors (Lipinski definition) is 4. The zero-order valence-corrected chi connectivity index (χ0v) is 12.6. The summed E-state index contributed by atoms with van der Waals surface area (Å²) >= 11 is 1.86. The van der Waals surface area contributed by atoms with Gasteiger partial charge in [0.25, 0.3) is 0 Å². The maximum atomic E-state index is 12.6. The van der Waals surface area contributed by atoms with E-state index in [9.17, 15) is 8.42 Å². The van der Waals surface area contributed by atoms with Crippen LogP contribution < -0.4 is 0 Å². The minimum atomic E-state index is -3.40. The monoisotopic (exact) mass is 289 g/mol. The van der Waals surface area contributed by atoms with Crippen LogP contribution in [0.15, 0.2) is 4.90 Å². The Balaban J connectivity index is 2.31. The Morgan fingerprint density at radius 3 is 2.78 bits per heavy atom. The first kappa shape index (κ1) is 13.9. The van der Waals surface area contributed by atoms with Gasteiger partial charge < -0.3 is 0 Å². The van der Waals surface area contributed by atoms with Gasteiger partial charge in [-0.2, -0.15) is 21.2 Å². The fourth-order valence-corrected chi connectivity index (χ4v) is 5.42. The number of aryl methyl sites for hydroxylation is 2. The highest BCUT2D eigenvalue weighted by atomic mass is 32.2. The van der Waals surface area contributed by atoms with Gasteiger partial charge in [-0.05, 0) is 20.3 Å². The summed E-state index contributed by atoms with van der Waals surface area (Å²) in [5.74, 6) is 0.869. The lowest BCUT2D eigenvalue weighted by Crippen LogP contribution is -2.41. The Labute approximate surface area is 112 Å². The number of rotatable bonds is 3. The molecule has 1 atom stereocenters. The molecule has 1 aliphatic rings. The van der Waals surface area contributed by atoms with Crippen LogP contribution in [0.25, 0.3) is 0 Å². The van der Waals surface area contributed by atoms with E-state index in [0.29, 0.717) is 34.6 Å². The van der Waals surface area contributed by atoms with Crippen molar-refractivity contribution < 1.29 is 8.42 Å². The van der Waals surface area contributed by atoms with Crippen LogP contribution in [0.2, 0.25) is 0 Å². The number of thioether (sulfide) groups is 1. The van der Waals surface area contributed by atoms with E-state index in [4.69, 9.17) is 0 Å². The highest BCUT2D eigenvalue weighted by Gasteiger charge is 2.33. The molecule has 18 heavy (non-hydrogen) atoms. The number of H-pyrrole nitrogens is 1. The molecule has 0 radical (unpaired) electrons. The molecule has 1 aromatic rings. The molecule has 2 heterocycles. The largest absolute Gasteiger partial charge is 0.281 e. The van der Waals surface area contributed by atoms with Crippen molar-refractivity contribution in [2.75, 3.05) is 18.8 Å². The number of nitrogens with one attached hydrogen (secondary N) is 1. The number of sulfonamides is 1. The molecule has 0 spiro atoms. The average molecular weight is 289 g/mol. The zero-order valence-electron chi connectivity index (χ0n) is 10.9. The summed E-state index contributed by atoms with van der Waals surface area (Å²) in [7, 11) is -3.40. The Bertz CT molecular complexity index is 505. The summed E-state index contributed by atoms with van der Waals surface area (Å²) in [4.78, 5) is 0.351. The molecule has 2 rings (SSSR count). The van der Waals surface area contributed by atoms with Crippen molar-refractivity contribution in [3.05, 3.63) is 11.4 Å². The predicted molar refractivity (Wildman–Crippen MR) is 73.4 cm³/mol. The lowest BCUT2D eigenvalue weighted by atomic mass is 10.3. The fourth-order valence-electron chi connectivity index (χ4n) is 2.21. The number of aromatic nitrogens is 2. The normalized spacial score (nSPS) is 22.3.